The normalized spacial score (nSPS) is 14.1. The minimum atomic E-state index is 0.141. The van der Waals surface area contributed by atoms with Gasteiger partial charge in [0.1, 0.15) is 11.6 Å². The van der Waals surface area contributed by atoms with Crippen molar-refractivity contribution in [2.24, 2.45) is 0 Å². The first kappa shape index (κ1) is 14.9. The summed E-state index contributed by atoms with van der Waals surface area (Å²) >= 11 is 0. The SMILES string of the molecule is CCc1nnc2n1CCN(C(=O)CCc1nc3ccccc3[nH]1)C2. The van der Waals surface area contributed by atoms with Crippen molar-refractivity contribution < 1.29 is 4.79 Å². The van der Waals surface area contributed by atoms with Crippen molar-refractivity contribution in [3.8, 4) is 0 Å². The van der Waals surface area contributed by atoms with E-state index in [1.807, 2.05) is 29.2 Å². The number of benzene rings is 1. The van der Waals surface area contributed by atoms with Gasteiger partial charge in [0.2, 0.25) is 5.91 Å². The summed E-state index contributed by atoms with van der Waals surface area (Å²) in [6, 6.07) is 7.91. The van der Waals surface area contributed by atoms with Crippen LogP contribution in [0.15, 0.2) is 24.3 Å². The number of nitrogens with one attached hydrogen (secondary N) is 1. The van der Waals surface area contributed by atoms with Gasteiger partial charge in [0.05, 0.1) is 17.6 Å². The largest absolute Gasteiger partial charge is 0.342 e. The maximum absolute atomic E-state index is 12.5. The third-order valence-electron chi connectivity index (χ3n) is 4.51. The molecule has 2 aromatic heterocycles. The molecule has 0 saturated carbocycles. The molecule has 1 amide bonds. The van der Waals surface area contributed by atoms with Crippen LogP contribution in [-0.4, -0.2) is 42.1 Å². The van der Waals surface area contributed by atoms with Crippen LogP contribution >= 0.6 is 0 Å². The maximum atomic E-state index is 12.5. The van der Waals surface area contributed by atoms with E-state index in [1.165, 1.54) is 0 Å². The Balaban J connectivity index is 1.39. The van der Waals surface area contributed by atoms with Gasteiger partial charge in [-0.2, -0.15) is 0 Å². The fourth-order valence-electron chi connectivity index (χ4n) is 3.20. The summed E-state index contributed by atoms with van der Waals surface area (Å²) in [7, 11) is 0. The highest BCUT2D eigenvalue weighted by molar-refractivity contribution is 5.77. The molecule has 7 nitrogen and oxygen atoms in total. The number of nitrogens with zero attached hydrogens (tertiary/aromatic N) is 5. The van der Waals surface area contributed by atoms with E-state index in [-0.39, 0.29) is 5.91 Å². The highest BCUT2D eigenvalue weighted by atomic mass is 16.2. The van der Waals surface area contributed by atoms with Crippen molar-refractivity contribution in [3.63, 3.8) is 0 Å². The molecule has 3 heterocycles. The van der Waals surface area contributed by atoms with Crippen molar-refractivity contribution in [3.05, 3.63) is 41.7 Å². The quantitative estimate of drug-likeness (QED) is 0.792. The van der Waals surface area contributed by atoms with E-state index >= 15 is 0 Å². The second-order valence-electron chi connectivity index (χ2n) is 6.05. The summed E-state index contributed by atoms with van der Waals surface area (Å²) in [4.78, 5) is 22.2. The number of imidazole rings is 1. The van der Waals surface area contributed by atoms with E-state index in [0.29, 0.717) is 19.4 Å². The van der Waals surface area contributed by atoms with E-state index in [1.54, 1.807) is 0 Å². The smallest absolute Gasteiger partial charge is 0.223 e. The Morgan fingerprint density at radius 1 is 1.25 bits per heavy atom. The minimum Gasteiger partial charge on any atom is -0.342 e. The molecular formula is C17H20N6O. The first-order valence-corrected chi connectivity index (χ1v) is 8.37. The number of aromatic amines is 1. The highest BCUT2D eigenvalue weighted by Crippen LogP contribution is 2.15. The van der Waals surface area contributed by atoms with Gasteiger partial charge in [-0.05, 0) is 12.1 Å². The number of fused-ring (bicyclic) bond motifs is 2. The molecule has 24 heavy (non-hydrogen) atoms. The van der Waals surface area contributed by atoms with Crippen LogP contribution in [0.25, 0.3) is 11.0 Å². The van der Waals surface area contributed by atoms with Gasteiger partial charge in [-0.15, -0.1) is 10.2 Å². The van der Waals surface area contributed by atoms with Crippen molar-refractivity contribution in [2.75, 3.05) is 6.54 Å². The number of carbonyl (C=O) groups excluding carboxylic acids is 1. The van der Waals surface area contributed by atoms with E-state index in [9.17, 15) is 4.79 Å². The first-order valence-electron chi connectivity index (χ1n) is 8.37. The van der Waals surface area contributed by atoms with Gasteiger partial charge in [-0.1, -0.05) is 19.1 Å². The zero-order valence-corrected chi connectivity index (χ0v) is 13.7. The molecule has 3 aromatic rings. The summed E-state index contributed by atoms with van der Waals surface area (Å²) in [6.45, 7) is 4.12. The standard InChI is InChI=1S/C17H20N6O/c1-2-15-20-21-16-11-22(9-10-23(15)16)17(24)8-7-14-18-12-5-3-4-6-13(12)19-14/h3-6H,2,7-11H2,1H3,(H,18,19). The molecular weight excluding hydrogens is 304 g/mol. The van der Waals surface area contributed by atoms with Crippen LogP contribution in [0.1, 0.15) is 30.8 Å². The molecule has 0 unspecified atom stereocenters. The Bertz CT molecular complexity index is 847. The van der Waals surface area contributed by atoms with Crippen LogP contribution in [-0.2, 0) is 30.7 Å². The Morgan fingerprint density at radius 2 is 2.12 bits per heavy atom. The predicted octanol–water partition coefficient (Wildman–Crippen LogP) is 1.69. The monoisotopic (exact) mass is 324 g/mol. The molecule has 0 saturated heterocycles. The summed E-state index contributed by atoms with van der Waals surface area (Å²) in [6.07, 6.45) is 1.94. The molecule has 0 fully saturated rings. The zero-order valence-electron chi connectivity index (χ0n) is 13.7. The van der Waals surface area contributed by atoms with Crippen LogP contribution in [0.2, 0.25) is 0 Å². The van der Waals surface area contributed by atoms with Gasteiger partial charge < -0.3 is 14.5 Å². The molecule has 0 aliphatic carbocycles. The van der Waals surface area contributed by atoms with E-state index in [0.717, 1.165) is 48.0 Å². The highest BCUT2D eigenvalue weighted by Gasteiger charge is 2.23. The molecule has 0 radical (unpaired) electrons. The molecule has 1 aliphatic heterocycles. The second kappa shape index (κ2) is 6.07. The Hall–Kier alpha value is -2.70. The van der Waals surface area contributed by atoms with Crippen molar-refractivity contribution in [1.82, 2.24) is 29.6 Å². The molecule has 0 spiro atoms. The number of carbonyl (C=O) groups is 1. The predicted molar refractivity (Wildman–Crippen MR) is 89.2 cm³/mol. The number of H-pyrrole nitrogens is 1. The third kappa shape index (κ3) is 2.66. The molecule has 1 aliphatic rings. The summed E-state index contributed by atoms with van der Waals surface area (Å²) < 4.78 is 2.13. The van der Waals surface area contributed by atoms with Crippen LogP contribution in [0.5, 0.6) is 0 Å². The van der Waals surface area contributed by atoms with Gasteiger partial charge in [-0.3, -0.25) is 4.79 Å². The maximum Gasteiger partial charge on any atom is 0.223 e. The number of rotatable bonds is 4. The third-order valence-corrected chi connectivity index (χ3v) is 4.51. The zero-order chi connectivity index (χ0) is 16.5. The lowest BCUT2D eigenvalue weighted by atomic mass is 10.2. The lowest BCUT2D eigenvalue weighted by Crippen LogP contribution is -2.38. The lowest BCUT2D eigenvalue weighted by Gasteiger charge is -2.27. The van der Waals surface area contributed by atoms with E-state index in [2.05, 4.69) is 31.7 Å². The number of aromatic nitrogens is 5. The Kier molecular flexibility index (Phi) is 3.76. The number of amides is 1. The van der Waals surface area contributed by atoms with Crippen LogP contribution in [0.3, 0.4) is 0 Å². The Labute approximate surface area is 139 Å². The van der Waals surface area contributed by atoms with Crippen LogP contribution in [0.4, 0.5) is 0 Å². The number of para-hydroxylation sites is 2. The average Bonchev–Trinajstić information content (AvgIpc) is 3.22. The lowest BCUT2D eigenvalue weighted by molar-refractivity contribution is -0.132. The summed E-state index contributed by atoms with van der Waals surface area (Å²) in [5.41, 5.74) is 1.95. The molecule has 4 rings (SSSR count). The topological polar surface area (TPSA) is 79.7 Å². The number of hydrogen-bond acceptors (Lipinski definition) is 4. The Morgan fingerprint density at radius 3 is 2.96 bits per heavy atom. The van der Waals surface area contributed by atoms with Gasteiger partial charge >= 0.3 is 0 Å². The van der Waals surface area contributed by atoms with Crippen LogP contribution in [0, 0.1) is 0 Å². The van der Waals surface area contributed by atoms with Crippen LogP contribution < -0.4 is 0 Å². The number of aryl methyl sites for hydroxylation is 2. The van der Waals surface area contributed by atoms with E-state index in [4.69, 9.17) is 0 Å². The average molecular weight is 324 g/mol. The molecule has 1 N–H and O–H groups in total. The minimum absolute atomic E-state index is 0.141. The fraction of sp³-hybridized carbons (Fsp3) is 0.412. The molecule has 124 valence electrons. The van der Waals surface area contributed by atoms with Gasteiger partial charge in [-0.25, -0.2) is 4.98 Å². The first-order chi connectivity index (χ1) is 11.7. The fourth-order valence-corrected chi connectivity index (χ4v) is 3.20. The van der Waals surface area contributed by atoms with Crippen molar-refractivity contribution in [1.29, 1.82) is 0 Å². The van der Waals surface area contributed by atoms with Crippen molar-refractivity contribution >= 4 is 16.9 Å². The van der Waals surface area contributed by atoms with Crippen molar-refractivity contribution in [2.45, 2.75) is 39.3 Å². The molecule has 0 bridgehead atoms. The van der Waals surface area contributed by atoms with E-state index < -0.39 is 0 Å². The number of hydrogen-bond donors (Lipinski definition) is 1. The molecule has 7 heteroatoms. The molecule has 0 atom stereocenters. The summed E-state index contributed by atoms with van der Waals surface area (Å²) in [5, 5.41) is 8.40. The van der Waals surface area contributed by atoms with Gasteiger partial charge in [0, 0.05) is 32.4 Å². The summed E-state index contributed by atoms with van der Waals surface area (Å²) in [5.74, 6) is 2.88. The van der Waals surface area contributed by atoms with Gasteiger partial charge in [0.25, 0.3) is 0 Å². The molecule has 1 aromatic carbocycles. The second-order valence-corrected chi connectivity index (χ2v) is 6.05. The van der Waals surface area contributed by atoms with Gasteiger partial charge in [0.15, 0.2) is 5.82 Å².